The highest BCUT2D eigenvalue weighted by atomic mass is 16.7. The van der Waals surface area contributed by atoms with Crippen molar-refractivity contribution in [3.63, 3.8) is 0 Å². The van der Waals surface area contributed by atoms with Crippen molar-refractivity contribution in [2.24, 2.45) is 5.16 Å². The highest BCUT2D eigenvalue weighted by Crippen LogP contribution is 2.15. The average Bonchev–Trinajstić information content (AvgIpc) is 2.82. The van der Waals surface area contributed by atoms with Crippen LogP contribution in [0.4, 0.5) is 4.79 Å². The van der Waals surface area contributed by atoms with E-state index in [2.05, 4.69) is 25.6 Å². The summed E-state index contributed by atoms with van der Waals surface area (Å²) in [7, 11) is 1.47. The number of hydrogen-bond donors (Lipinski definition) is 1. The maximum atomic E-state index is 10.8. The first-order valence-electron chi connectivity index (χ1n) is 4.92. The van der Waals surface area contributed by atoms with Gasteiger partial charge in [0, 0.05) is 13.2 Å². The smallest absolute Gasteiger partial charge is 0.323 e. The molecular weight excluding hydrogens is 210 g/mol. The third-order valence-electron chi connectivity index (χ3n) is 2.33. The summed E-state index contributed by atoms with van der Waals surface area (Å²) >= 11 is 0. The van der Waals surface area contributed by atoms with Gasteiger partial charge in [0.1, 0.15) is 0 Å². The molecule has 0 saturated heterocycles. The van der Waals surface area contributed by atoms with Gasteiger partial charge in [0.15, 0.2) is 0 Å². The van der Waals surface area contributed by atoms with Crippen molar-refractivity contribution in [3.8, 4) is 0 Å². The summed E-state index contributed by atoms with van der Waals surface area (Å²) in [5, 5.41) is 13.5. The molecule has 1 amide bonds. The summed E-state index contributed by atoms with van der Waals surface area (Å²) in [6.45, 7) is 3.89. The lowest BCUT2D eigenvalue weighted by atomic mass is 10.0. The van der Waals surface area contributed by atoms with Gasteiger partial charge < -0.3 is 5.32 Å². The molecular formula is C9H15N5O2. The van der Waals surface area contributed by atoms with Crippen molar-refractivity contribution in [2.75, 3.05) is 7.05 Å². The Morgan fingerprint density at radius 1 is 1.75 bits per heavy atom. The molecule has 0 spiro atoms. The molecule has 0 aliphatic carbocycles. The van der Waals surface area contributed by atoms with Crippen molar-refractivity contribution < 1.29 is 9.63 Å². The molecule has 88 valence electrons. The molecule has 1 aromatic heterocycles. The molecule has 0 aliphatic heterocycles. The molecule has 0 saturated carbocycles. The number of nitrogens with one attached hydrogen (secondary N) is 1. The van der Waals surface area contributed by atoms with E-state index < -0.39 is 11.6 Å². The van der Waals surface area contributed by atoms with Crippen LogP contribution in [0.1, 0.15) is 20.3 Å². The van der Waals surface area contributed by atoms with E-state index in [1.54, 1.807) is 17.1 Å². The summed E-state index contributed by atoms with van der Waals surface area (Å²) in [4.78, 5) is 15.3. The molecule has 1 atom stereocenters. The number of hydrogen-bond acceptors (Lipinski definition) is 5. The molecule has 0 aromatic carbocycles. The number of rotatable bonds is 4. The SMILES string of the molecule is CCC(C)(C=NOC(=O)NC)n1ccnn1. The summed E-state index contributed by atoms with van der Waals surface area (Å²) in [6, 6.07) is 0. The first-order valence-corrected chi connectivity index (χ1v) is 4.92. The summed E-state index contributed by atoms with van der Waals surface area (Å²) < 4.78 is 1.66. The van der Waals surface area contributed by atoms with E-state index in [1.807, 2.05) is 13.8 Å². The first-order chi connectivity index (χ1) is 7.62. The Hall–Kier alpha value is -1.92. The number of amides is 1. The van der Waals surface area contributed by atoms with E-state index in [-0.39, 0.29) is 0 Å². The van der Waals surface area contributed by atoms with Gasteiger partial charge in [0.05, 0.1) is 18.0 Å². The van der Waals surface area contributed by atoms with Crippen molar-refractivity contribution in [1.82, 2.24) is 20.3 Å². The lowest BCUT2D eigenvalue weighted by molar-refractivity contribution is 0.152. The molecule has 1 N–H and O–H groups in total. The van der Waals surface area contributed by atoms with Crippen LogP contribution in [0.5, 0.6) is 0 Å². The molecule has 0 aliphatic rings. The largest absolute Gasteiger partial charge is 0.433 e. The van der Waals surface area contributed by atoms with Gasteiger partial charge in [-0.2, -0.15) is 0 Å². The Morgan fingerprint density at radius 2 is 2.50 bits per heavy atom. The number of nitrogens with zero attached hydrogens (tertiary/aromatic N) is 4. The lowest BCUT2D eigenvalue weighted by Crippen LogP contribution is -2.32. The van der Waals surface area contributed by atoms with E-state index in [0.29, 0.717) is 0 Å². The van der Waals surface area contributed by atoms with Crippen LogP contribution in [-0.2, 0) is 10.4 Å². The van der Waals surface area contributed by atoms with E-state index in [9.17, 15) is 4.79 Å². The minimum Gasteiger partial charge on any atom is -0.323 e. The van der Waals surface area contributed by atoms with E-state index in [1.165, 1.54) is 13.3 Å². The van der Waals surface area contributed by atoms with Gasteiger partial charge in [-0.1, -0.05) is 17.3 Å². The van der Waals surface area contributed by atoms with Crippen molar-refractivity contribution in [2.45, 2.75) is 25.8 Å². The van der Waals surface area contributed by atoms with Gasteiger partial charge in [-0.15, -0.1) is 5.10 Å². The minimum atomic E-state index is -0.603. The quantitative estimate of drug-likeness (QED) is 0.465. The van der Waals surface area contributed by atoms with Gasteiger partial charge >= 0.3 is 6.09 Å². The van der Waals surface area contributed by atoms with Crippen LogP contribution in [-0.4, -0.2) is 34.3 Å². The van der Waals surface area contributed by atoms with Crippen LogP contribution in [0.2, 0.25) is 0 Å². The molecule has 1 unspecified atom stereocenters. The van der Waals surface area contributed by atoms with Gasteiger partial charge in [-0.05, 0) is 13.3 Å². The standard InChI is InChI=1S/C9H15N5O2/c1-4-9(2,14-6-5-11-13-14)7-12-16-8(15)10-3/h5-7H,4H2,1-3H3,(H,10,15). The summed E-state index contributed by atoms with van der Waals surface area (Å²) in [6.07, 6.45) is 4.98. The normalized spacial score (nSPS) is 14.7. The second kappa shape index (κ2) is 5.24. The topological polar surface area (TPSA) is 81.4 Å². The van der Waals surface area contributed by atoms with E-state index in [0.717, 1.165) is 6.42 Å². The Balaban J connectivity index is 2.71. The molecule has 0 radical (unpaired) electrons. The predicted octanol–water partition coefficient (Wildman–Crippen LogP) is 0.745. The fourth-order valence-electron chi connectivity index (χ4n) is 1.03. The highest BCUT2D eigenvalue weighted by molar-refractivity contribution is 5.70. The monoisotopic (exact) mass is 225 g/mol. The van der Waals surface area contributed by atoms with Crippen LogP contribution >= 0.6 is 0 Å². The molecule has 16 heavy (non-hydrogen) atoms. The zero-order chi connectivity index (χ0) is 12.0. The highest BCUT2D eigenvalue weighted by Gasteiger charge is 2.23. The van der Waals surface area contributed by atoms with Gasteiger partial charge in [0.25, 0.3) is 0 Å². The van der Waals surface area contributed by atoms with E-state index >= 15 is 0 Å². The first kappa shape index (κ1) is 12.2. The Kier molecular flexibility index (Phi) is 3.98. The average molecular weight is 225 g/mol. The zero-order valence-corrected chi connectivity index (χ0v) is 9.54. The third kappa shape index (κ3) is 2.78. The number of carbonyl (C=O) groups is 1. The van der Waals surface area contributed by atoms with Crippen LogP contribution in [0.3, 0.4) is 0 Å². The molecule has 1 heterocycles. The fraction of sp³-hybridized carbons (Fsp3) is 0.556. The Bertz CT molecular complexity index is 362. The second-order valence-corrected chi connectivity index (χ2v) is 3.42. The second-order valence-electron chi connectivity index (χ2n) is 3.42. The van der Waals surface area contributed by atoms with Crippen LogP contribution < -0.4 is 5.32 Å². The minimum absolute atomic E-state index is 0.454. The Morgan fingerprint density at radius 3 is 3.00 bits per heavy atom. The molecule has 1 aromatic rings. The van der Waals surface area contributed by atoms with Crippen molar-refractivity contribution in [3.05, 3.63) is 12.4 Å². The number of aromatic nitrogens is 3. The van der Waals surface area contributed by atoms with Gasteiger partial charge in [-0.3, -0.25) is 4.84 Å². The molecule has 7 nitrogen and oxygen atoms in total. The van der Waals surface area contributed by atoms with Crippen molar-refractivity contribution >= 4 is 12.3 Å². The number of carbonyl (C=O) groups excluding carboxylic acids is 1. The van der Waals surface area contributed by atoms with E-state index in [4.69, 9.17) is 0 Å². The summed E-state index contributed by atoms with van der Waals surface area (Å²) in [5.41, 5.74) is -0.454. The van der Waals surface area contributed by atoms with Gasteiger partial charge in [-0.25, -0.2) is 9.48 Å². The third-order valence-corrected chi connectivity index (χ3v) is 2.33. The Labute approximate surface area is 93.5 Å². The number of oxime groups is 1. The molecule has 7 heteroatoms. The maximum absolute atomic E-state index is 10.8. The maximum Gasteiger partial charge on any atom is 0.433 e. The molecule has 0 fully saturated rings. The van der Waals surface area contributed by atoms with Gasteiger partial charge in [0.2, 0.25) is 0 Å². The predicted molar refractivity (Wildman–Crippen MR) is 58.0 cm³/mol. The van der Waals surface area contributed by atoms with Crippen LogP contribution in [0.25, 0.3) is 0 Å². The van der Waals surface area contributed by atoms with Crippen LogP contribution in [0.15, 0.2) is 17.5 Å². The zero-order valence-electron chi connectivity index (χ0n) is 9.54. The molecule has 1 rings (SSSR count). The lowest BCUT2D eigenvalue weighted by Gasteiger charge is -2.22. The van der Waals surface area contributed by atoms with Crippen molar-refractivity contribution in [1.29, 1.82) is 0 Å². The molecule has 0 bridgehead atoms. The summed E-state index contributed by atoms with van der Waals surface area (Å²) in [5.74, 6) is 0. The van der Waals surface area contributed by atoms with Crippen LogP contribution in [0, 0.1) is 0 Å². The fourth-order valence-corrected chi connectivity index (χ4v) is 1.03.